The normalized spacial score (nSPS) is 26.1. The lowest BCUT2D eigenvalue weighted by Crippen LogP contribution is -2.57. The van der Waals surface area contributed by atoms with Gasteiger partial charge in [0.2, 0.25) is 0 Å². The van der Waals surface area contributed by atoms with E-state index in [0.717, 1.165) is 6.54 Å². The minimum absolute atomic E-state index is 0.569. The number of likely N-dealkylation sites (N-methyl/N-ethyl adjacent to an activating group) is 2. The molecule has 118 valence electrons. The van der Waals surface area contributed by atoms with Gasteiger partial charge in [0.15, 0.2) is 0 Å². The highest BCUT2D eigenvalue weighted by Gasteiger charge is 2.41. The summed E-state index contributed by atoms with van der Waals surface area (Å²) in [6, 6.07) is 10.2. The van der Waals surface area contributed by atoms with Crippen molar-refractivity contribution in [2.45, 2.75) is 45.8 Å². The summed E-state index contributed by atoms with van der Waals surface area (Å²) in [7, 11) is 0. The second-order valence-corrected chi connectivity index (χ2v) is 6.74. The van der Waals surface area contributed by atoms with Gasteiger partial charge in [0.05, 0.1) is 6.04 Å². The van der Waals surface area contributed by atoms with Gasteiger partial charge in [0.1, 0.15) is 0 Å². The van der Waals surface area contributed by atoms with E-state index in [1.54, 1.807) is 5.69 Å². The maximum absolute atomic E-state index is 2.71. The van der Waals surface area contributed by atoms with Crippen LogP contribution in [0.4, 0.5) is 0 Å². The molecule has 1 saturated heterocycles. The Labute approximate surface area is 133 Å². The van der Waals surface area contributed by atoms with Gasteiger partial charge in [-0.05, 0) is 38.1 Å². The summed E-state index contributed by atoms with van der Waals surface area (Å²) in [6.07, 6.45) is 1.28. The molecule has 0 amide bonds. The third-order valence-electron chi connectivity index (χ3n) is 5.92. The van der Waals surface area contributed by atoms with Gasteiger partial charge in [-0.1, -0.05) is 32.0 Å². The van der Waals surface area contributed by atoms with Crippen molar-refractivity contribution >= 4 is 10.9 Å². The van der Waals surface area contributed by atoms with Crippen molar-refractivity contribution < 1.29 is 0 Å². The van der Waals surface area contributed by atoms with Crippen molar-refractivity contribution in [3.8, 4) is 0 Å². The lowest BCUT2D eigenvalue weighted by atomic mass is 9.90. The van der Waals surface area contributed by atoms with Crippen molar-refractivity contribution in [2.75, 3.05) is 26.2 Å². The molecule has 2 aromatic rings. The van der Waals surface area contributed by atoms with Crippen molar-refractivity contribution in [3.63, 3.8) is 0 Å². The largest absolute Gasteiger partial charge is 0.343 e. The quantitative estimate of drug-likeness (QED) is 0.841. The molecule has 0 N–H and O–H groups in total. The molecule has 2 aliphatic rings. The van der Waals surface area contributed by atoms with E-state index in [0.29, 0.717) is 12.1 Å². The second-order valence-electron chi connectivity index (χ2n) is 6.74. The number of aromatic nitrogens is 1. The Hall–Kier alpha value is -1.32. The van der Waals surface area contributed by atoms with E-state index >= 15 is 0 Å². The molecular weight excluding hydrogens is 270 g/mol. The maximum atomic E-state index is 2.71. The van der Waals surface area contributed by atoms with Crippen LogP contribution in [0.25, 0.3) is 10.9 Å². The Kier molecular flexibility index (Phi) is 3.50. The molecule has 0 unspecified atom stereocenters. The molecule has 3 heterocycles. The Morgan fingerprint density at radius 1 is 1.00 bits per heavy atom. The van der Waals surface area contributed by atoms with Gasteiger partial charge >= 0.3 is 0 Å². The summed E-state index contributed by atoms with van der Waals surface area (Å²) < 4.78 is 2.60. The van der Waals surface area contributed by atoms with Crippen LogP contribution in [0.1, 0.15) is 37.6 Å². The topological polar surface area (TPSA) is 11.4 Å². The van der Waals surface area contributed by atoms with Crippen LogP contribution in [-0.4, -0.2) is 46.6 Å². The maximum Gasteiger partial charge on any atom is 0.0661 e. The van der Waals surface area contributed by atoms with Crippen molar-refractivity contribution in [2.24, 2.45) is 0 Å². The van der Waals surface area contributed by atoms with Crippen molar-refractivity contribution in [1.29, 1.82) is 0 Å². The molecule has 0 saturated carbocycles. The van der Waals surface area contributed by atoms with E-state index < -0.39 is 0 Å². The van der Waals surface area contributed by atoms with Gasteiger partial charge in [-0.3, -0.25) is 9.80 Å². The van der Waals surface area contributed by atoms with Gasteiger partial charge in [0, 0.05) is 42.3 Å². The van der Waals surface area contributed by atoms with Crippen LogP contribution in [0.2, 0.25) is 0 Å². The van der Waals surface area contributed by atoms with Crippen LogP contribution in [0.5, 0.6) is 0 Å². The first kappa shape index (κ1) is 14.3. The lowest BCUT2D eigenvalue weighted by Gasteiger charge is -2.50. The molecule has 0 radical (unpaired) electrons. The van der Waals surface area contributed by atoms with E-state index in [9.17, 15) is 0 Å². The Balaban J connectivity index is 1.90. The SMILES string of the molecule is CCN1CCN(CC)[C@H]2c3c(C)c4ccccc4n3CC[C@H]21. The smallest absolute Gasteiger partial charge is 0.0661 e. The number of benzene rings is 1. The number of nitrogens with zero attached hydrogens (tertiary/aromatic N) is 3. The predicted octanol–water partition coefficient (Wildman–Crippen LogP) is 3.42. The zero-order valence-corrected chi connectivity index (χ0v) is 14.0. The highest BCUT2D eigenvalue weighted by molar-refractivity contribution is 5.85. The molecule has 1 aromatic heterocycles. The summed E-state index contributed by atoms with van der Waals surface area (Å²) in [5.41, 5.74) is 4.51. The molecule has 22 heavy (non-hydrogen) atoms. The number of para-hydroxylation sites is 1. The molecule has 0 aliphatic carbocycles. The molecule has 3 heteroatoms. The first-order chi connectivity index (χ1) is 10.8. The van der Waals surface area contributed by atoms with Crippen LogP contribution >= 0.6 is 0 Å². The predicted molar refractivity (Wildman–Crippen MR) is 92.3 cm³/mol. The summed E-state index contributed by atoms with van der Waals surface area (Å²) in [5.74, 6) is 0. The number of hydrogen-bond donors (Lipinski definition) is 0. The molecule has 0 bridgehead atoms. The van der Waals surface area contributed by atoms with Gasteiger partial charge < -0.3 is 4.57 Å². The van der Waals surface area contributed by atoms with Crippen LogP contribution in [-0.2, 0) is 6.54 Å². The lowest BCUT2D eigenvalue weighted by molar-refractivity contribution is 0.00431. The van der Waals surface area contributed by atoms with Gasteiger partial charge in [-0.25, -0.2) is 0 Å². The van der Waals surface area contributed by atoms with Crippen LogP contribution in [0, 0.1) is 6.92 Å². The van der Waals surface area contributed by atoms with E-state index in [1.165, 1.54) is 49.1 Å². The van der Waals surface area contributed by atoms with Gasteiger partial charge in [0.25, 0.3) is 0 Å². The third-order valence-corrected chi connectivity index (χ3v) is 5.92. The molecule has 2 atom stereocenters. The van der Waals surface area contributed by atoms with Crippen molar-refractivity contribution in [1.82, 2.24) is 14.4 Å². The molecule has 0 spiro atoms. The average molecular weight is 297 g/mol. The van der Waals surface area contributed by atoms with Crippen LogP contribution in [0.3, 0.4) is 0 Å². The van der Waals surface area contributed by atoms with E-state index in [4.69, 9.17) is 0 Å². The summed E-state index contributed by atoms with van der Waals surface area (Å²) in [6.45, 7) is 12.9. The number of hydrogen-bond acceptors (Lipinski definition) is 2. The molecule has 4 rings (SSSR count). The zero-order valence-electron chi connectivity index (χ0n) is 14.0. The van der Waals surface area contributed by atoms with E-state index in [-0.39, 0.29) is 0 Å². The highest BCUT2D eigenvalue weighted by Crippen LogP contribution is 2.42. The number of aryl methyl sites for hydroxylation is 2. The van der Waals surface area contributed by atoms with Crippen LogP contribution in [0.15, 0.2) is 24.3 Å². The van der Waals surface area contributed by atoms with Gasteiger partial charge in [-0.15, -0.1) is 0 Å². The van der Waals surface area contributed by atoms with E-state index in [1.807, 2.05) is 0 Å². The fourth-order valence-electron chi connectivity index (χ4n) is 4.83. The van der Waals surface area contributed by atoms with Crippen LogP contribution < -0.4 is 0 Å². The Morgan fingerprint density at radius 3 is 2.50 bits per heavy atom. The fourth-order valence-corrected chi connectivity index (χ4v) is 4.83. The van der Waals surface area contributed by atoms with Gasteiger partial charge in [-0.2, -0.15) is 0 Å². The standard InChI is InChI=1S/C19H27N3/c1-4-20-12-13-21(5-2)19-17(20)10-11-22-16-9-7-6-8-15(16)14(3)18(19)22/h6-9,17,19H,4-5,10-13H2,1-3H3/t17-,19-/m1/s1. The monoisotopic (exact) mass is 297 g/mol. The third kappa shape index (κ3) is 1.88. The number of fused-ring (bicyclic) bond motifs is 5. The molecule has 1 fully saturated rings. The summed E-state index contributed by atoms with van der Waals surface area (Å²) in [5, 5.41) is 1.45. The number of rotatable bonds is 2. The first-order valence-corrected chi connectivity index (χ1v) is 8.82. The second kappa shape index (κ2) is 5.39. The average Bonchev–Trinajstić information content (AvgIpc) is 2.87. The fraction of sp³-hybridized carbons (Fsp3) is 0.579. The Morgan fingerprint density at radius 2 is 1.73 bits per heavy atom. The molecule has 1 aromatic carbocycles. The summed E-state index contributed by atoms with van der Waals surface area (Å²) >= 11 is 0. The first-order valence-electron chi connectivity index (χ1n) is 8.82. The zero-order chi connectivity index (χ0) is 15.3. The number of piperazine rings is 1. The van der Waals surface area contributed by atoms with E-state index in [2.05, 4.69) is 59.4 Å². The van der Waals surface area contributed by atoms with Crippen molar-refractivity contribution in [3.05, 3.63) is 35.5 Å². The molecular formula is C19H27N3. The Bertz CT molecular complexity index is 687. The molecule has 2 aliphatic heterocycles. The molecule has 3 nitrogen and oxygen atoms in total. The minimum Gasteiger partial charge on any atom is -0.343 e. The minimum atomic E-state index is 0.569. The highest BCUT2D eigenvalue weighted by atomic mass is 15.3. The summed E-state index contributed by atoms with van der Waals surface area (Å²) in [4.78, 5) is 5.41.